The first kappa shape index (κ1) is 22.0. The van der Waals surface area contributed by atoms with Crippen LogP contribution in [0.15, 0.2) is 60.4 Å². The summed E-state index contributed by atoms with van der Waals surface area (Å²) in [6, 6.07) is 15.1. The van der Waals surface area contributed by atoms with Crippen molar-refractivity contribution in [3.05, 3.63) is 82.6 Å². The molecule has 3 aromatic rings. The van der Waals surface area contributed by atoms with Crippen LogP contribution in [-0.4, -0.2) is 33.1 Å². The molecular weight excluding hydrogens is 424 g/mol. The van der Waals surface area contributed by atoms with E-state index in [1.54, 1.807) is 82.9 Å². The van der Waals surface area contributed by atoms with Gasteiger partial charge in [0, 0.05) is 6.07 Å². The lowest BCUT2D eigenvalue weighted by Crippen LogP contribution is -2.08. The number of allylic oxidation sites excluding steroid dienone is 1. The van der Waals surface area contributed by atoms with Gasteiger partial charge in [-0.1, -0.05) is 6.07 Å². The molecule has 0 N–H and O–H groups in total. The first-order valence-corrected chi connectivity index (χ1v) is 10.1. The molecule has 4 rings (SSSR count). The summed E-state index contributed by atoms with van der Waals surface area (Å²) in [5, 5.41) is 0. The number of methoxy groups -OCH3 is 3. The molecule has 0 saturated carbocycles. The number of carbonyl (C=O) groups is 2. The summed E-state index contributed by atoms with van der Waals surface area (Å²) in [5.41, 5.74) is 2.17. The van der Waals surface area contributed by atoms with Gasteiger partial charge in [0.2, 0.25) is 5.78 Å². The minimum Gasteiger partial charge on any atom is -0.497 e. The Hall–Kier alpha value is -4.26. The second kappa shape index (κ2) is 9.08. The zero-order chi connectivity index (χ0) is 23.5. The Morgan fingerprint density at radius 1 is 0.848 bits per heavy atom. The normalized spacial score (nSPS) is 13.3. The third kappa shape index (κ3) is 4.39. The Bertz CT molecular complexity index is 1260. The molecule has 0 fully saturated rings. The number of benzene rings is 3. The van der Waals surface area contributed by atoms with Gasteiger partial charge in [0.1, 0.15) is 17.2 Å². The fourth-order valence-corrected chi connectivity index (χ4v) is 3.52. The van der Waals surface area contributed by atoms with Gasteiger partial charge in [0.25, 0.3) is 0 Å². The van der Waals surface area contributed by atoms with E-state index in [1.807, 2.05) is 0 Å². The van der Waals surface area contributed by atoms with Crippen LogP contribution in [0.5, 0.6) is 28.7 Å². The second-order valence-corrected chi connectivity index (χ2v) is 7.29. The Morgan fingerprint density at radius 3 is 2.24 bits per heavy atom. The topological polar surface area (TPSA) is 80.3 Å². The number of ether oxygens (including phenoxy) is 5. The maximum atomic E-state index is 12.9. The molecule has 0 bridgehead atoms. The minimum atomic E-state index is -0.526. The Balaban J connectivity index is 1.58. The van der Waals surface area contributed by atoms with Gasteiger partial charge in [-0.2, -0.15) is 0 Å². The first-order valence-electron chi connectivity index (χ1n) is 10.1. The second-order valence-electron chi connectivity index (χ2n) is 7.29. The average molecular weight is 446 g/mol. The van der Waals surface area contributed by atoms with E-state index in [0.29, 0.717) is 45.3 Å². The van der Waals surface area contributed by atoms with Crippen LogP contribution in [0, 0.1) is 6.92 Å². The third-order valence-corrected chi connectivity index (χ3v) is 5.19. The highest BCUT2D eigenvalue weighted by Crippen LogP contribution is 2.38. The number of aryl methyl sites for hydroxylation is 1. The number of carbonyl (C=O) groups excluding carboxylic acids is 2. The number of Topliss-reactive ketones (excluding diaryl/α,β-unsaturated/α-hetero) is 1. The number of rotatable bonds is 6. The predicted molar refractivity (Wildman–Crippen MR) is 122 cm³/mol. The van der Waals surface area contributed by atoms with Crippen LogP contribution >= 0.6 is 0 Å². The molecule has 0 amide bonds. The predicted octanol–water partition coefficient (Wildman–Crippen LogP) is 4.86. The molecule has 0 spiro atoms. The largest absolute Gasteiger partial charge is 0.497 e. The smallest absolute Gasteiger partial charge is 0.343 e. The van der Waals surface area contributed by atoms with Crippen LogP contribution in [0.1, 0.15) is 31.8 Å². The minimum absolute atomic E-state index is 0.166. The Morgan fingerprint density at radius 2 is 1.58 bits per heavy atom. The molecule has 3 aromatic carbocycles. The van der Waals surface area contributed by atoms with Gasteiger partial charge in [-0.25, -0.2) is 4.79 Å². The van der Waals surface area contributed by atoms with Crippen LogP contribution in [0.3, 0.4) is 0 Å². The van der Waals surface area contributed by atoms with Crippen molar-refractivity contribution >= 4 is 17.8 Å². The van der Waals surface area contributed by atoms with Gasteiger partial charge in [-0.05, 0) is 66.6 Å². The number of ketones is 1. The number of fused-ring (bicyclic) bond motifs is 1. The van der Waals surface area contributed by atoms with E-state index in [1.165, 1.54) is 6.07 Å². The zero-order valence-electron chi connectivity index (χ0n) is 18.6. The first-order chi connectivity index (χ1) is 15.9. The summed E-state index contributed by atoms with van der Waals surface area (Å²) < 4.78 is 27.0. The average Bonchev–Trinajstić information content (AvgIpc) is 3.14. The SMILES string of the molecule is COc1ccc(C(=O)Oc2cc(C)c3c(c2)O/C(=C\c2ccc(OC)c(OC)c2)C3=O)cc1. The van der Waals surface area contributed by atoms with Crippen molar-refractivity contribution in [3.8, 4) is 28.7 Å². The fourth-order valence-electron chi connectivity index (χ4n) is 3.52. The highest BCUT2D eigenvalue weighted by atomic mass is 16.5. The van der Waals surface area contributed by atoms with E-state index in [-0.39, 0.29) is 17.3 Å². The van der Waals surface area contributed by atoms with Crippen molar-refractivity contribution in [1.29, 1.82) is 0 Å². The van der Waals surface area contributed by atoms with Crippen molar-refractivity contribution in [2.24, 2.45) is 0 Å². The molecule has 0 unspecified atom stereocenters. The summed E-state index contributed by atoms with van der Waals surface area (Å²) in [5.74, 6) is 1.78. The molecule has 7 nitrogen and oxygen atoms in total. The van der Waals surface area contributed by atoms with Crippen LogP contribution in [0.2, 0.25) is 0 Å². The molecule has 1 aliphatic rings. The van der Waals surface area contributed by atoms with Gasteiger partial charge < -0.3 is 23.7 Å². The molecule has 33 heavy (non-hydrogen) atoms. The van der Waals surface area contributed by atoms with E-state index in [0.717, 1.165) is 0 Å². The Kier molecular flexibility index (Phi) is 6.04. The lowest BCUT2D eigenvalue weighted by molar-refractivity contribution is 0.0734. The van der Waals surface area contributed by atoms with Crippen LogP contribution in [0.4, 0.5) is 0 Å². The highest BCUT2D eigenvalue weighted by Gasteiger charge is 2.30. The summed E-state index contributed by atoms with van der Waals surface area (Å²) in [6.45, 7) is 1.77. The number of hydrogen-bond donors (Lipinski definition) is 0. The lowest BCUT2D eigenvalue weighted by Gasteiger charge is -2.08. The molecule has 0 aromatic heterocycles. The monoisotopic (exact) mass is 446 g/mol. The molecule has 1 aliphatic heterocycles. The number of hydrogen-bond acceptors (Lipinski definition) is 7. The van der Waals surface area contributed by atoms with E-state index >= 15 is 0 Å². The molecule has 168 valence electrons. The van der Waals surface area contributed by atoms with Gasteiger partial charge >= 0.3 is 5.97 Å². The van der Waals surface area contributed by atoms with Crippen molar-refractivity contribution in [3.63, 3.8) is 0 Å². The molecule has 7 heteroatoms. The molecule has 1 heterocycles. The van der Waals surface area contributed by atoms with Crippen LogP contribution in [-0.2, 0) is 0 Å². The standard InChI is InChI=1S/C26H22O7/c1-15-11-19(32-26(28)17-6-8-18(29-2)9-7-17)14-22-24(15)25(27)23(33-22)13-16-5-10-20(30-3)21(12-16)31-4/h5-14H,1-4H3/b23-13-. The van der Waals surface area contributed by atoms with Gasteiger partial charge in [-0.15, -0.1) is 0 Å². The van der Waals surface area contributed by atoms with E-state index in [2.05, 4.69) is 0 Å². The van der Waals surface area contributed by atoms with E-state index in [4.69, 9.17) is 23.7 Å². The van der Waals surface area contributed by atoms with Crippen LogP contribution < -0.4 is 23.7 Å². The van der Waals surface area contributed by atoms with E-state index in [9.17, 15) is 9.59 Å². The summed E-state index contributed by atoms with van der Waals surface area (Å²) in [7, 11) is 4.65. The number of esters is 1. The fraction of sp³-hybridized carbons (Fsp3) is 0.154. The van der Waals surface area contributed by atoms with Crippen molar-refractivity contribution in [2.75, 3.05) is 21.3 Å². The quantitative estimate of drug-likeness (QED) is 0.304. The van der Waals surface area contributed by atoms with Gasteiger partial charge in [-0.3, -0.25) is 4.79 Å². The molecule has 0 saturated heterocycles. The summed E-state index contributed by atoms with van der Waals surface area (Å²) in [4.78, 5) is 25.4. The molecule has 0 aliphatic carbocycles. The van der Waals surface area contributed by atoms with Crippen molar-refractivity contribution < 1.29 is 33.3 Å². The molecular formula is C26H22O7. The van der Waals surface area contributed by atoms with Crippen molar-refractivity contribution in [1.82, 2.24) is 0 Å². The third-order valence-electron chi connectivity index (χ3n) is 5.19. The maximum Gasteiger partial charge on any atom is 0.343 e. The molecule has 0 atom stereocenters. The summed E-state index contributed by atoms with van der Waals surface area (Å²) in [6.07, 6.45) is 1.63. The Labute approximate surface area is 191 Å². The van der Waals surface area contributed by atoms with Crippen molar-refractivity contribution in [2.45, 2.75) is 6.92 Å². The maximum absolute atomic E-state index is 12.9. The van der Waals surface area contributed by atoms with E-state index < -0.39 is 5.97 Å². The summed E-state index contributed by atoms with van der Waals surface area (Å²) >= 11 is 0. The van der Waals surface area contributed by atoms with Gasteiger partial charge in [0.15, 0.2) is 17.3 Å². The van der Waals surface area contributed by atoms with Crippen LogP contribution in [0.25, 0.3) is 6.08 Å². The molecule has 0 radical (unpaired) electrons. The highest BCUT2D eigenvalue weighted by molar-refractivity contribution is 6.15. The lowest BCUT2D eigenvalue weighted by atomic mass is 10.0. The zero-order valence-corrected chi connectivity index (χ0v) is 18.6. The van der Waals surface area contributed by atoms with Gasteiger partial charge in [0.05, 0.1) is 32.5 Å².